The van der Waals surface area contributed by atoms with Crippen LogP contribution in [0.4, 0.5) is 18.3 Å². The molecule has 0 saturated carbocycles. The van der Waals surface area contributed by atoms with Gasteiger partial charge in [-0.3, -0.25) is 10.1 Å². The number of aryl methyl sites for hydroxylation is 1. The van der Waals surface area contributed by atoms with Gasteiger partial charge in [-0.15, -0.1) is 0 Å². The molecule has 0 aliphatic rings. The van der Waals surface area contributed by atoms with Crippen LogP contribution in [0.1, 0.15) is 38.2 Å². The lowest BCUT2D eigenvalue weighted by atomic mass is 10.1. The van der Waals surface area contributed by atoms with E-state index in [1.807, 2.05) is 0 Å². The molecule has 1 amide bonds. The summed E-state index contributed by atoms with van der Waals surface area (Å²) in [6.07, 6.45) is -4.54. The first-order chi connectivity index (χ1) is 11.2. The van der Waals surface area contributed by atoms with Crippen molar-refractivity contribution in [3.05, 3.63) is 46.0 Å². The van der Waals surface area contributed by atoms with E-state index >= 15 is 0 Å². The fraction of sp³-hybridized carbons (Fsp3) is 0.267. The van der Waals surface area contributed by atoms with E-state index in [-0.39, 0.29) is 22.2 Å². The van der Waals surface area contributed by atoms with Gasteiger partial charge >= 0.3 is 12.1 Å². The van der Waals surface area contributed by atoms with Gasteiger partial charge < -0.3 is 4.74 Å². The predicted molar refractivity (Wildman–Crippen MR) is 82.2 cm³/mol. The quantitative estimate of drug-likeness (QED) is 0.842. The first-order valence-electron chi connectivity index (χ1n) is 6.85. The monoisotopic (exact) mass is 358 g/mol. The van der Waals surface area contributed by atoms with Crippen LogP contribution in [0.3, 0.4) is 0 Å². The van der Waals surface area contributed by atoms with Crippen LogP contribution in [-0.4, -0.2) is 23.5 Å². The molecule has 0 bridgehead atoms. The molecule has 0 fully saturated rings. The van der Waals surface area contributed by atoms with E-state index in [1.54, 1.807) is 13.8 Å². The van der Waals surface area contributed by atoms with Crippen molar-refractivity contribution >= 4 is 28.3 Å². The van der Waals surface area contributed by atoms with Crippen LogP contribution in [0.2, 0.25) is 0 Å². The van der Waals surface area contributed by atoms with Gasteiger partial charge in [-0.1, -0.05) is 17.4 Å². The zero-order valence-electron chi connectivity index (χ0n) is 12.7. The van der Waals surface area contributed by atoms with Crippen molar-refractivity contribution in [2.24, 2.45) is 0 Å². The molecular formula is C15H13F3N2O3S. The smallest absolute Gasteiger partial charge is 0.416 e. The third-order valence-corrected chi connectivity index (χ3v) is 3.98. The summed E-state index contributed by atoms with van der Waals surface area (Å²) >= 11 is 0.900. The minimum atomic E-state index is -4.54. The maximum atomic E-state index is 12.7. The van der Waals surface area contributed by atoms with Gasteiger partial charge in [0.2, 0.25) is 0 Å². The molecule has 1 aromatic carbocycles. The zero-order valence-corrected chi connectivity index (χ0v) is 13.5. The van der Waals surface area contributed by atoms with Gasteiger partial charge in [-0.2, -0.15) is 13.2 Å². The number of thiazole rings is 1. The number of nitrogens with one attached hydrogen (secondary N) is 1. The standard InChI is InChI=1S/C15H13F3N2O3S/c1-3-23-13(22)11-8(2)19-14(24-11)20-12(21)9-5-4-6-10(7-9)15(16,17)18/h4-7H,3H2,1-2H3,(H,19,20,21). The van der Waals surface area contributed by atoms with E-state index in [2.05, 4.69) is 10.3 Å². The van der Waals surface area contributed by atoms with E-state index < -0.39 is 23.6 Å². The molecule has 2 aromatic rings. The summed E-state index contributed by atoms with van der Waals surface area (Å²) in [5.41, 5.74) is -0.703. The number of hydrogen-bond donors (Lipinski definition) is 1. The summed E-state index contributed by atoms with van der Waals surface area (Å²) in [6, 6.07) is 4.04. The number of benzene rings is 1. The largest absolute Gasteiger partial charge is 0.462 e. The number of carbonyl (C=O) groups excluding carboxylic acids is 2. The fourth-order valence-corrected chi connectivity index (χ4v) is 2.70. The van der Waals surface area contributed by atoms with Gasteiger partial charge in [0.25, 0.3) is 5.91 Å². The number of amides is 1. The number of aromatic nitrogens is 1. The predicted octanol–water partition coefficient (Wildman–Crippen LogP) is 3.90. The highest BCUT2D eigenvalue weighted by atomic mass is 32.1. The van der Waals surface area contributed by atoms with Gasteiger partial charge in [-0.05, 0) is 32.0 Å². The SMILES string of the molecule is CCOC(=O)c1sc(NC(=O)c2cccc(C(F)(F)F)c2)nc1C. The fourth-order valence-electron chi connectivity index (χ4n) is 1.84. The number of alkyl halides is 3. The Morgan fingerprint density at radius 1 is 1.33 bits per heavy atom. The highest BCUT2D eigenvalue weighted by Crippen LogP contribution is 2.30. The lowest BCUT2D eigenvalue weighted by molar-refractivity contribution is -0.137. The molecule has 0 saturated heterocycles. The molecular weight excluding hydrogens is 345 g/mol. The van der Waals surface area contributed by atoms with E-state index in [0.717, 1.165) is 29.5 Å². The maximum Gasteiger partial charge on any atom is 0.416 e. The number of carbonyl (C=O) groups is 2. The molecule has 1 aromatic heterocycles. The minimum absolute atomic E-state index is 0.109. The molecule has 0 aliphatic heterocycles. The third-order valence-electron chi connectivity index (χ3n) is 2.93. The average Bonchev–Trinajstić information content (AvgIpc) is 2.87. The summed E-state index contributed by atoms with van der Waals surface area (Å²) in [6.45, 7) is 3.43. The second kappa shape index (κ2) is 7.00. The van der Waals surface area contributed by atoms with Crippen LogP contribution in [0.5, 0.6) is 0 Å². The summed E-state index contributed by atoms with van der Waals surface area (Å²) in [4.78, 5) is 28.0. The first kappa shape index (κ1) is 17.9. The average molecular weight is 358 g/mol. The topological polar surface area (TPSA) is 68.3 Å². The Hall–Kier alpha value is -2.42. The van der Waals surface area contributed by atoms with E-state index in [1.165, 1.54) is 6.07 Å². The number of halogens is 3. The second-order valence-electron chi connectivity index (χ2n) is 4.69. The van der Waals surface area contributed by atoms with Crippen LogP contribution < -0.4 is 5.32 Å². The van der Waals surface area contributed by atoms with Crippen LogP contribution in [0, 0.1) is 6.92 Å². The number of anilines is 1. The summed E-state index contributed by atoms with van der Waals surface area (Å²) in [7, 11) is 0. The molecule has 0 spiro atoms. The second-order valence-corrected chi connectivity index (χ2v) is 5.69. The molecule has 1 heterocycles. The Balaban J connectivity index is 2.19. The van der Waals surface area contributed by atoms with Crippen molar-refractivity contribution in [1.82, 2.24) is 4.98 Å². The van der Waals surface area contributed by atoms with Gasteiger partial charge in [0.05, 0.1) is 17.9 Å². The molecule has 1 N–H and O–H groups in total. The van der Waals surface area contributed by atoms with Crippen molar-refractivity contribution in [1.29, 1.82) is 0 Å². The van der Waals surface area contributed by atoms with E-state index in [4.69, 9.17) is 4.74 Å². The van der Waals surface area contributed by atoms with Crippen LogP contribution in [-0.2, 0) is 10.9 Å². The van der Waals surface area contributed by atoms with Gasteiger partial charge in [0.1, 0.15) is 4.88 Å². The van der Waals surface area contributed by atoms with E-state index in [0.29, 0.717) is 5.69 Å². The lowest BCUT2D eigenvalue weighted by Gasteiger charge is -2.08. The molecule has 9 heteroatoms. The maximum absolute atomic E-state index is 12.7. The summed E-state index contributed by atoms with van der Waals surface area (Å²) in [5.74, 6) is -1.31. The Morgan fingerprint density at radius 3 is 2.67 bits per heavy atom. The molecule has 0 radical (unpaired) electrons. The highest BCUT2D eigenvalue weighted by molar-refractivity contribution is 7.17. The summed E-state index contributed by atoms with van der Waals surface area (Å²) in [5, 5.41) is 2.50. The van der Waals surface area contributed by atoms with Gasteiger partial charge in [0, 0.05) is 5.56 Å². The Bertz CT molecular complexity index is 772. The van der Waals surface area contributed by atoms with Crippen molar-refractivity contribution < 1.29 is 27.5 Å². The lowest BCUT2D eigenvalue weighted by Crippen LogP contribution is -2.13. The third kappa shape index (κ3) is 4.10. The number of esters is 1. The van der Waals surface area contributed by atoms with Crippen molar-refractivity contribution in [2.75, 3.05) is 11.9 Å². The zero-order chi connectivity index (χ0) is 17.9. The molecule has 2 rings (SSSR count). The molecule has 5 nitrogen and oxygen atoms in total. The Morgan fingerprint density at radius 2 is 2.04 bits per heavy atom. The molecule has 0 atom stereocenters. The molecule has 0 aliphatic carbocycles. The first-order valence-corrected chi connectivity index (χ1v) is 7.67. The Labute approximate surface area is 139 Å². The van der Waals surface area contributed by atoms with Gasteiger partial charge in [-0.25, -0.2) is 9.78 Å². The normalized spacial score (nSPS) is 11.2. The van der Waals surface area contributed by atoms with Gasteiger partial charge in [0.15, 0.2) is 5.13 Å². The number of ether oxygens (including phenoxy) is 1. The van der Waals surface area contributed by atoms with Crippen molar-refractivity contribution in [3.8, 4) is 0 Å². The van der Waals surface area contributed by atoms with Crippen LogP contribution in [0.15, 0.2) is 24.3 Å². The minimum Gasteiger partial charge on any atom is -0.462 e. The Kier molecular flexibility index (Phi) is 5.23. The molecule has 0 unspecified atom stereocenters. The highest BCUT2D eigenvalue weighted by Gasteiger charge is 2.31. The van der Waals surface area contributed by atoms with Crippen molar-refractivity contribution in [2.45, 2.75) is 20.0 Å². The van der Waals surface area contributed by atoms with Crippen molar-refractivity contribution in [3.63, 3.8) is 0 Å². The number of hydrogen-bond acceptors (Lipinski definition) is 5. The number of nitrogens with zero attached hydrogens (tertiary/aromatic N) is 1. The van der Waals surface area contributed by atoms with E-state index in [9.17, 15) is 22.8 Å². The number of rotatable bonds is 4. The molecule has 128 valence electrons. The van der Waals surface area contributed by atoms with Crippen LogP contribution >= 0.6 is 11.3 Å². The van der Waals surface area contributed by atoms with Crippen LogP contribution in [0.25, 0.3) is 0 Å². The molecule has 24 heavy (non-hydrogen) atoms. The summed E-state index contributed by atoms with van der Waals surface area (Å²) < 4.78 is 42.9.